The van der Waals surface area contributed by atoms with Crippen molar-refractivity contribution < 1.29 is 14.3 Å². The molecule has 4 fully saturated rings. The molecule has 0 aromatic rings. The van der Waals surface area contributed by atoms with E-state index in [-0.39, 0.29) is 29.1 Å². The van der Waals surface area contributed by atoms with Gasteiger partial charge in [-0.15, -0.1) is 0 Å². The molecule has 0 radical (unpaired) electrons. The van der Waals surface area contributed by atoms with Crippen LogP contribution in [0, 0.1) is 22.7 Å². The third-order valence-electron chi connectivity index (χ3n) is 7.06. The van der Waals surface area contributed by atoms with Gasteiger partial charge in [-0.3, -0.25) is 4.79 Å². The zero-order chi connectivity index (χ0) is 14.7. The van der Waals surface area contributed by atoms with E-state index in [2.05, 4.69) is 13.8 Å². The molecular weight excluding hydrogens is 264 g/mol. The molecule has 5 atom stereocenters. The fourth-order valence-electron chi connectivity index (χ4n) is 5.70. The lowest BCUT2D eigenvalue weighted by atomic mass is 9.59. The number of hydrogen-bond acceptors (Lipinski definition) is 3. The van der Waals surface area contributed by atoms with Crippen LogP contribution in [0.25, 0.3) is 0 Å². The molecular formula is C18H28O3. The van der Waals surface area contributed by atoms with Crippen LogP contribution in [0.2, 0.25) is 0 Å². The number of fused-ring (bicyclic) bond motifs is 1. The number of ether oxygens (including phenoxy) is 2. The van der Waals surface area contributed by atoms with Gasteiger partial charge in [-0.1, -0.05) is 13.8 Å². The van der Waals surface area contributed by atoms with E-state index in [1.807, 2.05) is 0 Å². The molecule has 0 aromatic carbocycles. The van der Waals surface area contributed by atoms with Crippen LogP contribution < -0.4 is 0 Å². The first-order chi connectivity index (χ1) is 10.0. The van der Waals surface area contributed by atoms with Gasteiger partial charge < -0.3 is 9.47 Å². The second-order valence-corrected chi connectivity index (χ2v) is 8.31. The Morgan fingerprint density at radius 1 is 1.14 bits per heavy atom. The maximum absolute atomic E-state index is 12.9. The van der Waals surface area contributed by atoms with Crippen molar-refractivity contribution in [1.29, 1.82) is 0 Å². The van der Waals surface area contributed by atoms with E-state index in [4.69, 9.17) is 9.47 Å². The Morgan fingerprint density at radius 3 is 2.76 bits per heavy atom. The Hall–Kier alpha value is -0.410. The summed E-state index contributed by atoms with van der Waals surface area (Å²) < 4.78 is 12.2. The van der Waals surface area contributed by atoms with Crippen molar-refractivity contribution in [2.45, 2.75) is 77.6 Å². The average molecular weight is 292 g/mol. The van der Waals surface area contributed by atoms with Crippen LogP contribution in [0.3, 0.4) is 0 Å². The summed E-state index contributed by atoms with van der Waals surface area (Å²) in [5.41, 5.74) is 0.0406. The number of carbonyl (C=O) groups is 1. The Balaban J connectivity index is 1.56. The smallest absolute Gasteiger partial charge is 0.157 e. The molecule has 3 heteroatoms. The first-order valence-corrected chi connectivity index (χ1v) is 8.85. The van der Waals surface area contributed by atoms with Gasteiger partial charge in [0.25, 0.3) is 0 Å². The van der Waals surface area contributed by atoms with E-state index in [1.54, 1.807) is 0 Å². The fourth-order valence-corrected chi connectivity index (χ4v) is 5.70. The largest absolute Gasteiger partial charge is 0.353 e. The maximum atomic E-state index is 12.9. The highest BCUT2D eigenvalue weighted by molar-refractivity contribution is 5.89. The maximum Gasteiger partial charge on any atom is 0.157 e. The minimum atomic E-state index is -0.110. The number of ketones is 1. The molecule has 1 heterocycles. The quantitative estimate of drug-likeness (QED) is 0.778. The highest BCUT2D eigenvalue weighted by Gasteiger charge is 2.65. The monoisotopic (exact) mass is 292 g/mol. The normalized spacial score (nSPS) is 48.4. The first kappa shape index (κ1) is 14.2. The van der Waals surface area contributed by atoms with E-state index in [1.165, 1.54) is 25.7 Å². The number of rotatable bonds is 2. The summed E-state index contributed by atoms with van der Waals surface area (Å²) in [6.45, 7) is 5.18. The van der Waals surface area contributed by atoms with Crippen molar-refractivity contribution in [3.05, 3.63) is 0 Å². The Morgan fingerprint density at radius 2 is 2.00 bits per heavy atom. The van der Waals surface area contributed by atoms with Crippen LogP contribution in [0.15, 0.2) is 0 Å². The van der Waals surface area contributed by atoms with E-state index < -0.39 is 0 Å². The van der Waals surface area contributed by atoms with Crippen LogP contribution in [0.1, 0.15) is 65.2 Å². The van der Waals surface area contributed by atoms with Gasteiger partial charge in [0.1, 0.15) is 5.78 Å². The molecule has 1 saturated heterocycles. The minimum absolute atomic E-state index is 0.0130. The van der Waals surface area contributed by atoms with Crippen molar-refractivity contribution in [3.8, 4) is 0 Å². The summed E-state index contributed by atoms with van der Waals surface area (Å²) in [6.07, 6.45) is 9.33. The topological polar surface area (TPSA) is 35.5 Å². The van der Waals surface area contributed by atoms with Gasteiger partial charge in [0, 0.05) is 23.4 Å². The molecule has 4 aliphatic rings. The molecule has 3 saturated carbocycles. The van der Waals surface area contributed by atoms with Gasteiger partial charge >= 0.3 is 0 Å². The fraction of sp³-hybridized carbons (Fsp3) is 0.944. The molecule has 118 valence electrons. The number of hydrogen-bond donors (Lipinski definition) is 0. The van der Waals surface area contributed by atoms with Crippen LogP contribution in [-0.4, -0.2) is 24.8 Å². The Kier molecular flexibility index (Phi) is 3.24. The van der Waals surface area contributed by atoms with Crippen LogP contribution in [-0.2, 0) is 14.3 Å². The first-order valence-electron chi connectivity index (χ1n) is 8.85. The van der Waals surface area contributed by atoms with Gasteiger partial charge in [-0.25, -0.2) is 0 Å². The predicted molar refractivity (Wildman–Crippen MR) is 79.8 cm³/mol. The lowest BCUT2D eigenvalue weighted by Crippen LogP contribution is -2.49. The van der Waals surface area contributed by atoms with Crippen molar-refractivity contribution in [3.63, 3.8) is 0 Å². The van der Waals surface area contributed by atoms with Crippen LogP contribution in [0.4, 0.5) is 0 Å². The molecule has 1 unspecified atom stereocenters. The van der Waals surface area contributed by atoms with Gasteiger partial charge in [-0.05, 0) is 57.3 Å². The molecule has 2 bridgehead atoms. The second-order valence-electron chi connectivity index (χ2n) is 8.31. The van der Waals surface area contributed by atoms with Gasteiger partial charge in [-0.2, -0.15) is 0 Å². The zero-order valence-electron chi connectivity index (χ0n) is 13.4. The molecule has 1 spiro atoms. The average Bonchev–Trinajstić information content (AvgIpc) is 3.05. The molecule has 3 nitrogen and oxygen atoms in total. The predicted octanol–water partition coefficient (Wildman–Crippen LogP) is 3.70. The molecule has 21 heavy (non-hydrogen) atoms. The standard InChI is InChI=1S/C18H28O3/c1-17(2)12-8-9-18(11-12)13(16(17)19)6-7-14(18)21-15-5-3-4-10-20-15/h12-15H,3-11H2,1-2H3/t12-,13-,14-,15?,18-/m0/s1. The van der Waals surface area contributed by atoms with Crippen molar-refractivity contribution in [1.82, 2.24) is 0 Å². The third-order valence-corrected chi connectivity index (χ3v) is 7.06. The SMILES string of the molecule is CC1(C)C(=O)[C@@H]2CC[C@H](OC3CCCCO3)[C@]23CC[C@H]1C3. The summed E-state index contributed by atoms with van der Waals surface area (Å²) in [4.78, 5) is 12.9. The van der Waals surface area contributed by atoms with Gasteiger partial charge in [0.15, 0.2) is 6.29 Å². The van der Waals surface area contributed by atoms with Gasteiger partial charge in [0.05, 0.1) is 6.10 Å². The van der Waals surface area contributed by atoms with Crippen molar-refractivity contribution >= 4 is 5.78 Å². The molecule has 4 rings (SSSR count). The Bertz CT molecular complexity index is 438. The van der Waals surface area contributed by atoms with Crippen LogP contribution in [0.5, 0.6) is 0 Å². The summed E-state index contributed by atoms with van der Waals surface area (Å²) in [7, 11) is 0. The molecule has 0 aromatic heterocycles. The van der Waals surface area contributed by atoms with Crippen molar-refractivity contribution in [2.75, 3.05) is 6.61 Å². The van der Waals surface area contributed by atoms with Gasteiger partial charge in [0.2, 0.25) is 0 Å². The molecule has 3 aliphatic carbocycles. The van der Waals surface area contributed by atoms with E-state index in [0.717, 1.165) is 32.3 Å². The minimum Gasteiger partial charge on any atom is -0.353 e. The number of carbonyl (C=O) groups excluding carboxylic acids is 1. The van der Waals surface area contributed by atoms with E-state index in [9.17, 15) is 4.79 Å². The molecule has 0 N–H and O–H groups in total. The Labute approximate surface area is 127 Å². The lowest BCUT2D eigenvalue weighted by molar-refractivity contribution is -0.212. The van der Waals surface area contributed by atoms with E-state index >= 15 is 0 Å². The highest BCUT2D eigenvalue weighted by atomic mass is 16.7. The van der Waals surface area contributed by atoms with Crippen molar-refractivity contribution in [2.24, 2.45) is 22.7 Å². The molecule has 1 aliphatic heterocycles. The second kappa shape index (κ2) is 4.79. The summed E-state index contributed by atoms with van der Waals surface area (Å²) in [5.74, 6) is 1.34. The van der Waals surface area contributed by atoms with E-state index in [0.29, 0.717) is 11.7 Å². The summed E-state index contributed by atoms with van der Waals surface area (Å²) in [6, 6.07) is 0. The van der Waals surface area contributed by atoms with Crippen LogP contribution >= 0.6 is 0 Å². The number of Topliss-reactive ketones (excluding diaryl/α,β-unsaturated/α-hetero) is 1. The lowest BCUT2D eigenvalue weighted by Gasteiger charge is -2.46. The molecule has 0 amide bonds. The summed E-state index contributed by atoms with van der Waals surface area (Å²) in [5, 5.41) is 0. The third kappa shape index (κ3) is 1.96. The zero-order valence-corrected chi connectivity index (χ0v) is 13.4. The summed E-state index contributed by atoms with van der Waals surface area (Å²) >= 11 is 0. The highest BCUT2D eigenvalue weighted by Crippen LogP contribution is 2.65.